The Morgan fingerprint density at radius 2 is 1.95 bits per heavy atom. The van der Waals surface area contributed by atoms with Gasteiger partial charge >= 0.3 is 0 Å². The minimum atomic E-state index is -0.250. The Bertz CT molecular complexity index is 948. The highest BCUT2D eigenvalue weighted by Crippen LogP contribution is 2.31. The van der Waals surface area contributed by atoms with E-state index in [1.807, 2.05) is 37.3 Å². The molecule has 0 fully saturated rings. The van der Waals surface area contributed by atoms with Crippen LogP contribution >= 0.6 is 0 Å². The first-order valence-electron chi connectivity index (χ1n) is 6.59. The number of aryl methyl sites for hydroxylation is 1. The van der Waals surface area contributed by atoms with Gasteiger partial charge in [0.15, 0.2) is 0 Å². The minimum Gasteiger partial charge on any atom is -0.301 e. The zero-order valence-electron chi connectivity index (χ0n) is 11.8. The highest BCUT2D eigenvalue weighted by molar-refractivity contribution is 5.97. The molecular weight excluding hydrogens is 262 g/mol. The number of nitriles is 1. The molecule has 0 aliphatic carbocycles. The summed E-state index contributed by atoms with van der Waals surface area (Å²) in [7, 11) is 1.61. The van der Waals surface area contributed by atoms with Gasteiger partial charge in [0.2, 0.25) is 0 Å². The topological polar surface area (TPSA) is 58.7 Å². The summed E-state index contributed by atoms with van der Waals surface area (Å²) in [6.07, 6.45) is 1.59. The van der Waals surface area contributed by atoms with Crippen LogP contribution in [0.1, 0.15) is 11.3 Å². The zero-order valence-corrected chi connectivity index (χ0v) is 11.8. The van der Waals surface area contributed by atoms with Crippen LogP contribution in [0.15, 0.2) is 47.4 Å². The smallest absolute Gasteiger partial charge is 0.277 e. The van der Waals surface area contributed by atoms with Crippen LogP contribution in [0.25, 0.3) is 22.0 Å². The summed E-state index contributed by atoms with van der Waals surface area (Å²) in [5.41, 5.74) is 3.26. The first kappa shape index (κ1) is 13.1. The van der Waals surface area contributed by atoms with Crippen LogP contribution in [0.3, 0.4) is 0 Å². The van der Waals surface area contributed by atoms with Gasteiger partial charge in [-0.25, -0.2) is 0 Å². The minimum absolute atomic E-state index is 0.250. The second-order valence-corrected chi connectivity index (χ2v) is 4.91. The summed E-state index contributed by atoms with van der Waals surface area (Å²) >= 11 is 0. The summed E-state index contributed by atoms with van der Waals surface area (Å²) < 4.78 is 1.37. The fourth-order valence-electron chi connectivity index (χ4n) is 2.59. The van der Waals surface area contributed by atoms with Crippen LogP contribution in [0.5, 0.6) is 0 Å². The van der Waals surface area contributed by atoms with Crippen LogP contribution in [0.2, 0.25) is 0 Å². The van der Waals surface area contributed by atoms with Crippen LogP contribution in [0.4, 0.5) is 0 Å². The van der Waals surface area contributed by atoms with Gasteiger partial charge in [-0.05, 0) is 24.1 Å². The van der Waals surface area contributed by atoms with E-state index in [4.69, 9.17) is 0 Å². The van der Waals surface area contributed by atoms with Gasteiger partial charge in [-0.3, -0.25) is 9.78 Å². The van der Waals surface area contributed by atoms with Gasteiger partial charge in [0.25, 0.3) is 5.56 Å². The van der Waals surface area contributed by atoms with Gasteiger partial charge in [0.05, 0.1) is 0 Å². The third kappa shape index (κ3) is 1.91. The molecule has 0 spiro atoms. The van der Waals surface area contributed by atoms with Crippen molar-refractivity contribution in [2.75, 3.05) is 0 Å². The molecule has 0 saturated heterocycles. The molecule has 0 saturated carbocycles. The monoisotopic (exact) mass is 275 g/mol. The van der Waals surface area contributed by atoms with Gasteiger partial charge in [0, 0.05) is 24.2 Å². The zero-order chi connectivity index (χ0) is 15.0. The van der Waals surface area contributed by atoms with Crippen molar-refractivity contribution in [2.45, 2.75) is 6.92 Å². The van der Waals surface area contributed by atoms with Crippen molar-refractivity contribution in [2.24, 2.45) is 7.05 Å². The molecule has 0 amide bonds. The number of aromatic nitrogens is 2. The van der Waals surface area contributed by atoms with E-state index < -0.39 is 0 Å². The lowest BCUT2D eigenvalue weighted by Gasteiger charge is -2.13. The Kier molecular flexibility index (Phi) is 3.03. The molecule has 102 valence electrons. The molecule has 21 heavy (non-hydrogen) atoms. The molecule has 0 aliphatic rings. The normalized spacial score (nSPS) is 10.5. The maximum atomic E-state index is 12.3. The van der Waals surface area contributed by atoms with E-state index in [2.05, 4.69) is 11.1 Å². The van der Waals surface area contributed by atoms with Crippen molar-refractivity contribution >= 4 is 10.9 Å². The first-order valence-corrected chi connectivity index (χ1v) is 6.59. The molecule has 1 aromatic carbocycles. The highest BCUT2D eigenvalue weighted by atomic mass is 16.1. The van der Waals surface area contributed by atoms with Crippen molar-refractivity contribution in [3.63, 3.8) is 0 Å². The third-order valence-electron chi connectivity index (χ3n) is 3.68. The predicted molar refractivity (Wildman–Crippen MR) is 81.9 cm³/mol. The van der Waals surface area contributed by atoms with E-state index in [0.717, 1.165) is 16.7 Å². The van der Waals surface area contributed by atoms with Gasteiger partial charge in [0.1, 0.15) is 17.3 Å². The maximum absolute atomic E-state index is 12.3. The van der Waals surface area contributed by atoms with Crippen LogP contribution < -0.4 is 5.56 Å². The number of nitrogens with zero attached hydrogens (tertiary/aromatic N) is 3. The first-order chi connectivity index (χ1) is 10.1. The fourth-order valence-corrected chi connectivity index (χ4v) is 2.59. The molecule has 0 atom stereocenters. The number of rotatable bonds is 1. The number of pyridine rings is 2. The molecule has 2 aromatic heterocycles. The van der Waals surface area contributed by atoms with Gasteiger partial charge < -0.3 is 4.57 Å². The van der Waals surface area contributed by atoms with Crippen molar-refractivity contribution in [1.82, 2.24) is 9.55 Å². The van der Waals surface area contributed by atoms with Gasteiger partial charge in [-0.15, -0.1) is 0 Å². The molecule has 0 bridgehead atoms. The molecular formula is C17H13N3O. The van der Waals surface area contributed by atoms with E-state index >= 15 is 0 Å². The van der Waals surface area contributed by atoms with Crippen LogP contribution in [-0.2, 0) is 7.05 Å². The molecule has 4 nitrogen and oxygen atoms in total. The average molecular weight is 275 g/mol. The predicted octanol–water partition coefficient (Wildman–Crippen LogP) is 2.78. The van der Waals surface area contributed by atoms with E-state index in [-0.39, 0.29) is 5.56 Å². The third-order valence-corrected chi connectivity index (χ3v) is 3.68. The molecule has 0 radical (unpaired) electrons. The van der Waals surface area contributed by atoms with E-state index in [1.54, 1.807) is 19.3 Å². The molecule has 3 aromatic rings. The van der Waals surface area contributed by atoms with Crippen LogP contribution in [0, 0.1) is 18.3 Å². The van der Waals surface area contributed by atoms with Gasteiger partial charge in [-0.2, -0.15) is 5.26 Å². The second-order valence-electron chi connectivity index (χ2n) is 4.91. The van der Waals surface area contributed by atoms with Crippen molar-refractivity contribution in [3.05, 3.63) is 64.2 Å². The molecule has 0 aliphatic heterocycles. The fraction of sp³-hybridized carbons (Fsp3) is 0.118. The molecule has 3 rings (SSSR count). The van der Waals surface area contributed by atoms with Crippen molar-refractivity contribution in [3.8, 4) is 17.2 Å². The summed E-state index contributed by atoms with van der Waals surface area (Å²) in [4.78, 5) is 16.5. The number of fused-ring (bicyclic) bond motifs is 1. The number of benzene rings is 1. The standard InChI is InChI=1S/C17H13N3O/c1-11-6-3-4-7-12(11)15-13-8-5-9-19-16(13)17(21)20(2)14(15)10-18/h3-9H,1-2H3. The largest absolute Gasteiger partial charge is 0.301 e. The van der Waals surface area contributed by atoms with Crippen LogP contribution in [-0.4, -0.2) is 9.55 Å². The average Bonchev–Trinajstić information content (AvgIpc) is 2.51. The Morgan fingerprint density at radius 1 is 1.19 bits per heavy atom. The Hall–Kier alpha value is -2.93. The molecule has 0 unspecified atom stereocenters. The van der Waals surface area contributed by atoms with Crippen molar-refractivity contribution in [1.29, 1.82) is 5.26 Å². The van der Waals surface area contributed by atoms with Crippen molar-refractivity contribution < 1.29 is 0 Å². The summed E-state index contributed by atoms with van der Waals surface area (Å²) in [5.74, 6) is 0. The Labute approximate surface area is 121 Å². The SMILES string of the molecule is Cc1ccccc1-c1c(C#N)n(C)c(=O)c2ncccc12. The Balaban J connectivity index is 2.59. The second kappa shape index (κ2) is 4.88. The summed E-state index contributed by atoms with van der Waals surface area (Å²) in [5, 5.41) is 10.2. The maximum Gasteiger partial charge on any atom is 0.277 e. The lowest BCUT2D eigenvalue weighted by atomic mass is 9.95. The van der Waals surface area contributed by atoms with E-state index in [0.29, 0.717) is 16.6 Å². The lowest BCUT2D eigenvalue weighted by molar-refractivity contribution is 0.852. The van der Waals surface area contributed by atoms with E-state index in [9.17, 15) is 10.1 Å². The van der Waals surface area contributed by atoms with Gasteiger partial charge in [-0.1, -0.05) is 30.3 Å². The van der Waals surface area contributed by atoms with E-state index in [1.165, 1.54) is 4.57 Å². The molecule has 4 heteroatoms. The highest BCUT2D eigenvalue weighted by Gasteiger charge is 2.17. The number of hydrogen-bond acceptors (Lipinski definition) is 3. The number of hydrogen-bond donors (Lipinski definition) is 0. The quantitative estimate of drug-likeness (QED) is 0.686. The summed E-state index contributed by atoms with van der Waals surface area (Å²) in [6, 6.07) is 13.6. The summed E-state index contributed by atoms with van der Waals surface area (Å²) in [6.45, 7) is 1.99. The molecule has 2 heterocycles. The Morgan fingerprint density at radius 3 is 2.67 bits per heavy atom. The lowest BCUT2D eigenvalue weighted by Crippen LogP contribution is -2.21. The molecule has 0 N–H and O–H groups in total.